The van der Waals surface area contributed by atoms with Crippen molar-refractivity contribution < 1.29 is 24.2 Å². The minimum absolute atomic E-state index is 0.0786. The number of likely N-dealkylation sites (N-methyl/N-ethyl adjacent to an activating group) is 1. The quantitative estimate of drug-likeness (QED) is 0.539. The zero-order valence-corrected chi connectivity index (χ0v) is 18.2. The minimum Gasteiger partial charge on any atom is -0.506 e. The number of phenols is 1. The van der Waals surface area contributed by atoms with E-state index >= 15 is 0 Å². The van der Waals surface area contributed by atoms with Gasteiger partial charge in [-0.25, -0.2) is 0 Å². The van der Waals surface area contributed by atoms with Crippen LogP contribution in [-0.4, -0.2) is 54.0 Å². The smallest absolute Gasteiger partial charge is 0.258 e. The molecule has 4 rings (SSSR count). The first-order valence-electron chi connectivity index (χ1n) is 10.7. The summed E-state index contributed by atoms with van der Waals surface area (Å²) in [4.78, 5) is 39.1. The number of nitrogens with zero attached hydrogens (tertiary/aromatic N) is 1. The summed E-state index contributed by atoms with van der Waals surface area (Å²) >= 11 is 0. The number of phenolic OH excluding ortho intramolecular Hbond substituents is 1. The van der Waals surface area contributed by atoms with Crippen LogP contribution in [0, 0.1) is 0 Å². The van der Waals surface area contributed by atoms with Gasteiger partial charge in [0, 0.05) is 30.7 Å². The van der Waals surface area contributed by atoms with E-state index in [2.05, 4.69) is 10.6 Å². The summed E-state index contributed by atoms with van der Waals surface area (Å²) in [5, 5.41) is 17.4. The van der Waals surface area contributed by atoms with Crippen molar-refractivity contribution in [1.82, 2.24) is 10.2 Å². The molecular formula is C25H25N3O5. The van der Waals surface area contributed by atoms with Gasteiger partial charge in [-0.1, -0.05) is 36.4 Å². The summed E-state index contributed by atoms with van der Waals surface area (Å²) in [6.45, 7) is 0.298. The summed E-state index contributed by atoms with van der Waals surface area (Å²) < 4.78 is 5.42. The number of amides is 3. The highest BCUT2D eigenvalue weighted by molar-refractivity contribution is 6.06. The van der Waals surface area contributed by atoms with E-state index in [0.717, 1.165) is 5.39 Å². The standard InChI is InChI=1S/C25H25N3O5/c1-26-22(29)15-33-18-8-4-7-17(14-18)27-24(31)21-10-5-13-28(21)25(32)20-12-11-16-6-2-3-9-19(16)23(20)30/h2-4,6-9,11-12,14,21,30H,5,10,13,15H2,1H3,(H,26,29)(H,27,31). The van der Waals surface area contributed by atoms with Crippen LogP contribution in [0.15, 0.2) is 60.7 Å². The van der Waals surface area contributed by atoms with Crippen LogP contribution >= 0.6 is 0 Å². The molecule has 0 saturated carbocycles. The summed E-state index contributed by atoms with van der Waals surface area (Å²) in [5.41, 5.74) is 0.681. The Hall–Kier alpha value is -4.07. The zero-order valence-electron chi connectivity index (χ0n) is 18.2. The molecule has 0 spiro atoms. The number of ether oxygens (including phenoxy) is 1. The van der Waals surface area contributed by atoms with Crippen molar-refractivity contribution in [3.63, 3.8) is 0 Å². The van der Waals surface area contributed by atoms with Gasteiger partial charge in [0.1, 0.15) is 17.5 Å². The highest BCUT2D eigenvalue weighted by atomic mass is 16.5. The third-order valence-electron chi connectivity index (χ3n) is 5.70. The molecule has 1 saturated heterocycles. The third-order valence-corrected chi connectivity index (χ3v) is 5.70. The second-order valence-corrected chi connectivity index (χ2v) is 7.82. The van der Waals surface area contributed by atoms with Crippen molar-refractivity contribution >= 4 is 34.2 Å². The van der Waals surface area contributed by atoms with E-state index in [4.69, 9.17) is 4.74 Å². The number of hydrogen-bond donors (Lipinski definition) is 3. The number of carbonyl (C=O) groups excluding carboxylic acids is 3. The number of nitrogens with one attached hydrogen (secondary N) is 2. The molecule has 3 N–H and O–H groups in total. The molecule has 33 heavy (non-hydrogen) atoms. The van der Waals surface area contributed by atoms with Gasteiger partial charge in [0.15, 0.2) is 6.61 Å². The van der Waals surface area contributed by atoms with E-state index < -0.39 is 6.04 Å². The fraction of sp³-hybridized carbons (Fsp3) is 0.240. The van der Waals surface area contributed by atoms with Crippen LogP contribution in [0.5, 0.6) is 11.5 Å². The fourth-order valence-corrected chi connectivity index (χ4v) is 3.98. The number of fused-ring (bicyclic) bond motifs is 1. The number of carbonyl (C=O) groups is 3. The summed E-state index contributed by atoms with van der Waals surface area (Å²) in [6, 6.07) is 16.7. The largest absolute Gasteiger partial charge is 0.506 e. The van der Waals surface area contributed by atoms with Gasteiger partial charge in [-0.2, -0.15) is 0 Å². The van der Waals surface area contributed by atoms with Crippen molar-refractivity contribution in [2.75, 3.05) is 25.5 Å². The van der Waals surface area contributed by atoms with Gasteiger partial charge in [-0.15, -0.1) is 0 Å². The van der Waals surface area contributed by atoms with E-state index in [1.165, 1.54) is 11.9 Å². The van der Waals surface area contributed by atoms with E-state index in [-0.39, 0.29) is 35.6 Å². The Labute approximate surface area is 191 Å². The maximum Gasteiger partial charge on any atom is 0.258 e. The number of benzene rings is 3. The number of anilines is 1. The Bertz CT molecular complexity index is 1210. The van der Waals surface area contributed by atoms with Gasteiger partial charge in [-0.05, 0) is 36.4 Å². The molecule has 1 heterocycles. The van der Waals surface area contributed by atoms with Crippen molar-refractivity contribution in [2.45, 2.75) is 18.9 Å². The van der Waals surface area contributed by atoms with Crippen LogP contribution in [0.4, 0.5) is 5.69 Å². The van der Waals surface area contributed by atoms with E-state index in [1.807, 2.05) is 12.1 Å². The SMILES string of the molecule is CNC(=O)COc1cccc(NC(=O)C2CCCN2C(=O)c2ccc3ccccc3c2O)c1. The predicted octanol–water partition coefficient (Wildman–Crippen LogP) is 2.91. The van der Waals surface area contributed by atoms with Gasteiger partial charge in [0.25, 0.3) is 11.8 Å². The maximum atomic E-state index is 13.2. The molecule has 1 aliphatic heterocycles. The minimum atomic E-state index is -0.654. The van der Waals surface area contributed by atoms with Crippen LogP contribution in [0.3, 0.4) is 0 Å². The summed E-state index contributed by atoms with van der Waals surface area (Å²) in [5.74, 6) is -0.591. The lowest BCUT2D eigenvalue weighted by molar-refractivity contribution is -0.122. The molecule has 8 nitrogen and oxygen atoms in total. The molecular weight excluding hydrogens is 422 g/mol. The van der Waals surface area contributed by atoms with Crippen LogP contribution < -0.4 is 15.4 Å². The van der Waals surface area contributed by atoms with Gasteiger partial charge in [-0.3, -0.25) is 14.4 Å². The molecule has 1 fully saturated rings. The number of likely N-dealkylation sites (tertiary alicyclic amines) is 1. The number of hydrogen-bond acceptors (Lipinski definition) is 5. The highest BCUT2D eigenvalue weighted by Crippen LogP contribution is 2.31. The van der Waals surface area contributed by atoms with Crippen LogP contribution in [-0.2, 0) is 9.59 Å². The molecule has 1 aliphatic rings. The van der Waals surface area contributed by atoms with Crippen LogP contribution in [0.25, 0.3) is 10.8 Å². The summed E-state index contributed by atoms with van der Waals surface area (Å²) in [6.07, 6.45) is 1.21. The van der Waals surface area contributed by atoms with Crippen molar-refractivity contribution in [3.05, 3.63) is 66.2 Å². The topological polar surface area (TPSA) is 108 Å². The monoisotopic (exact) mass is 447 g/mol. The average Bonchev–Trinajstić information content (AvgIpc) is 3.33. The molecule has 1 atom stereocenters. The second-order valence-electron chi connectivity index (χ2n) is 7.82. The molecule has 0 bridgehead atoms. The van der Waals surface area contributed by atoms with Crippen LogP contribution in [0.2, 0.25) is 0 Å². The molecule has 8 heteroatoms. The Morgan fingerprint density at radius 1 is 1.09 bits per heavy atom. The van der Waals surface area contributed by atoms with E-state index in [0.29, 0.717) is 36.2 Å². The Morgan fingerprint density at radius 2 is 1.91 bits per heavy atom. The molecule has 0 radical (unpaired) electrons. The Balaban J connectivity index is 1.48. The second kappa shape index (κ2) is 9.60. The normalized spacial score (nSPS) is 15.3. The molecule has 3 aromatic rings. The first kappa shape index (κ1) is 22.1. The van der Waals surface area contributed by atoms with Gasteiger partial charge >= 0.3 is 0 Å². The lowest BCUT2D eigenvalue weighted by Gasteiger charge is -2.24. The third kappa shape index (κ3) is 4.74. The fourth-order valence-electron chi connectivity index (χ4n) is 3.98. The van der Waals surface area contributed by atoms with E-state index in [1.54, 1.807) is 48.5 Å². The first-order chi connectivity index (χ1) is 16.0. The van der Waals surface area contributed by atoms with Crippen molar-refractivity contribution in [3.8, 4) is 11.5 Å². The van der Waals surface area contributed by atoms with Gasteiger partial charge in [0.05, 0.1) is 5.56 Å². The molecule has 1 unspecified atom stereocenters. The Kier molecular flexibility index (Phi) is 6.44. The van der Waals surface area contributed by atoms with Crippen molar-refractivity contribution in [1.29, 1.82) is 0 Å². The Morgan fingerprint density at radius 3 is 2.73 bits per heavy atom. The highest BCUT2D eigenvalue weighted by Gasteiger charge is 2.35. The molecule has 3 amide bonds. The lowest BCUT2D eigenvalue weighted by Crippen LogP contribution is -2.43. The lowest BCUT2D eigenvalue weighted by atomic mass is 10.0. The maximum absolute atomic E-state index is 13.2. The molecule has 170 valence electrons. The first-order valence-corrected chi connectivity index (χ1v) is 10.7. The average molecular weight is 447 g/mol. The number of rotatable bonds is 6. The molecule has 0 aromatic heterocycles. The van der Waals surface area contributed by atoms with Crippen LogP contribution in [0.1, 0.15) is 23.2 Å². The molecule has 0 aliphatic carbocycles. The van der Waals surface area contributed by atoms with Crippen molar-refractivity contribution in [2.24, 2.45) is 0 Å². The van der Waals surface area contributed by atoms with Gasteiger partial charge < -0.3 is 25.4 Å². The predicted molar refractivity (Wildman–Crippen MR) is 124 cm³/mol. The summed E-state index contributed by atoms with van der Waals surface area (Å²) in [7, 11) is 1.52. The molecule has 3 aromatic carbocycles. The van der Waals surface area contributed by atoms with E-state index in [9.17, 15) is 19.5 Å². The number of aromatic hydroxyl groups is 1. The zero-order chi connectivity index (χ0) is 23.4. The van der Waals surface area contributed by atoms with Gasteiger partial charge in [0.2, 0.25) is 5.91 Å².